The molecule has 0 saturated heterocycles. The second-order valence-corrected chi connectivity index (χ2v) is 8.96. The first kappa shape index (κ1) is 24.9. The number of para-hydroxylation sites is 1. The minimum atomic E-state index is -0.397. The molecule has 36 heavy (non-hydrogen) atoms. The highest BCUT2D eigenvalue weighted by molar-refractivity contribution is 5.96. The molecule has 2 heterocycles. The summed E-state index contributed by atoms with van der Waals surface area (Å²) in [4.78, 5) is 24.6. The summed E-state index contributed by atoms with van der Waals surface area (Å²) >= 11 is 0. The Morgan fingerprint density at radius 1 is 1.19 bits per heavy atom. The number of fused-ring (bicyclic) bond motifs is 1. The quantitative estimate of drug-likeness (QED) is 0.269. The number of hydrogen-bond donors (Lipinski definition) is 1. The molecule has 2 aromatic heterocycles. The van der Waals surface area contributed by atoms with Gasteiger partial charge in [-0.15, -0.1) is 0 Å². The Balaban J connectivity index is 1.76. The van der Waals surface area contributed by atoms with Gasteiger partial charge in [-0.25, -0.2) is 9.97 Å². The summed E-state index contributed by atoms with van der Waals surface area (Å²) in [5.41, 5.74) is 4.70. The summed E-state index contributed by atoms with van der Waals surface area (Å²) in [5, 5.41) is 16.1. The van der Waals surface area contributed by atoms with Crippen LogP contribution in [0.1, 0.15) is 5.56 Å². The van der Waals surface area contributed by atoms with Gasteiger partial charge >= 0.3 is 0 Å². The van der Waals surface area contributed by atoms with Crippen LogP contribution < -0.4 is 15.0 Å². The highest BCUT2D eigenvalue weighted by atomic mass is 16.6. The molecule has 0 fully saturated rings. The Morgan fingerprint density at radius 2 is 1.94 bits per heavy atom. The van der Waals surface area contributed by atoms with Crippen LogP contribution in [-0.4, -0.2) is 65.7 Å². The van der Waals surface area contributed by atoms with Gasteiger partial charge in [-0.1, -0.05) is 18.2 Å². The first-order chi connectivity index (χ1) is 17.2. The number of aryl methyl sites for hydroxylation is 2. The van der Waals surface area contributed by atoms with Crippen LogP contribution in [0.5, 0.6) is 5.75 Å². The third kappa shape index (κ3) is 4.80. The topological polar surface area (TPSA) is 102 Å². The van der Waals surface area contributed by atoms with E-state index >= 15 is 0 Å². The van der Waals surface area contributed by atoms with Gasteiger partial charge < -0.3 is 24.4 Å². The number of nitro groups is 1. The molecule has 2 aromatic carbocycles. The lowest BCUT2D eigenvalue weighted by Crippen LogP contribution is -2.21. The van der Waals surface area contributed by atoms with E-state index in [0.29, 0.717) is 29.6 Å². The predicted octanol–water partition coefficient (Wildman–Crippen LogP) is 4.60. The lowest BCUT2D eigenvalue weighted by atomic mass is 10.1. The number of likely N-dealkylation sites (N-methyl/N-ethyl adjacent to an activating group) is 1. The number of methoxy groups -OCH3 is 1. The molecule has 10 nitrogen and oxygen atoms in total. The third-order valence-electron chi connectivity index (χ3n) is 6.14. The van der Waals surface area contributed by atoms with Crippen LogP contribution in [0.25, 0.3) is 22.2 Å². The first-order valence-electron chi connectivity index (χ1n) is 11.6. The van der Waals surface area contributed by atoms with Gasteiger partial charge in [0.2, 0.25) is 5.95 Å². The molecule has 4 aromatic rings. The number of nitrogens with zero attached hydrogens (tertiary/aromatic N) is 6. The summed E-state index contributed by atoms with van der Waals surface area (Å²) in [6.45, 7) is 3.26. The second-order valence-electron chi connectivity index (χ2n) is 8.96. The maximum Gasteiger partial charge on any atom is 0.294 e. The molecule has 0 aliphatic rings. The lowest BCUT2D eigenvalue weighted by molar-refractivity contribution is -0.383. The molecule has 0 amide bonds. The zero-order valence-electron chi connectivity index (χ0n) is 21.4. The summed E-state index contributed by atoms with van der Waals surface area (Å²) in [6.07, 6.45) is 3.83. The smallest absolute Gasteiger partial charge is 0.294 e. The summed E-state index contributed by atoms with van der Waals surface area (Å²) < 4.78 is 7.69. The minimum Gasteiger partial charge on any atom is -0.494 e. The largest absolute Gasteiger partial charge is 0.494 e. The highest BCUT2D eigenvalue weighted by Gasteiger charge is 2.23. The van der Waals surface area contributed by atoms with Crippen molar-refractivity contribution in [1.82, 2.24) is 19.4 Å². The van der Waals surface area contributed by atoms with E-state index in [2.05, 4.69) is 33.2 Å². The Bertz CT molecular complexity index is 1410. The Morgan fingerprint density at radius 3 is 2.64 bits per heavy atom. The van der Waals surface area contributed by atoms with Crippen LogP contribution >= 0.6 is 0 Å². The van der Waals surface area contributed by atoms with Crippen molar-refractivity contribution in [2.45, 2.75) is 6.92 Å². The van der Waals surface area contributed by atoms with Crippen LogP contribution in [0.15, 0.2) is 48.8 Å². The number of nitro benzene ring substituents is 1. The van der Waals surface area contributed by atoms with Gasteiger partial charge in [0.15, 0.2) is 0 Å². The normalized spacial score (nSPS) is 11.2. The van der Waals surface area contributed by atoms with Crippen molar-refractivity contribution in [3.8, 4) is 17.0 Å². The van der Waals surface area contributed by atoms with Crippen LogP contribution in [0.3, 0.4) is 0 Å². The van der Waals surface area contributed by atoms with Crippen molar-refractivity contribution in [2.24, 2.45) is 7.05 Å². The predicted molar refractivity (Wildman–Crippen MR) is 143 cm³/mol. The molecule has 0 unspecified atom stereocenters. The van der Waals surface area contributed by atoms with Crippen LogP contribution in [0, 0.1) is 17.0 Å². The Labute approximate surface area is 210 Å². The Kier molecular flexibility index (Phi) is 7.07. The van der Waals surface area contributed by atoms with E-state index in [-0.39, 0.29) is 5.69 Å². The summed E-state index contributed by atoms with van der Waals surface area (Å²) in [6, 6.07) is 11.3. The maximum absolute atomic E-state index is 11.9. The summed E-state index contributed by atoms with van der Waals surface area (Å²) in [7, 11) is 9.22. The molecule has 0 aliphatic carbocycles. The van der Waals surface area contributed by atoms with Gasteiger partial charge in [0.05, 0.1) is 23.4 Å². The molecule has 10 heteroatoms. The van der Waals surface area contributed by atoms with Gasteiger partial charge in [0.1, 0.15) is 11.4 Å². The molecule has 188 valence electrons. The highest BCUT2D eigenvalue weighted by Crippen LogP contribution is 2.40. The standard InChI is InChI=1S/C26H31N7O3/c1-17-15-28-26(29-25(17)19-16-31(4)21-10-8-7-9-18(19)21)32(5)23-14-22(33(34)35)20(13-24(23)36-6)27-11-12-30(2)3/h7-10,13-16,27H,11-12H2,1-6H3. The molecule has 0 radical (unpaired) electrons. The molecule has 0 aliphatic heterocycles. The van der Waals surface area contributed by atoms with E-state index in [4.69, 9.17) is 9.72 Å². The minimum absolute atomic E-state index is 0.0437. The van der Waals surface area contributed by atoms with Gasteiger partial charge in [-0.05, 0) is 32.6 Å². The molecule has 0 spiro atoms. The van der Waals surface area contributed by atoms with Crippen LogP contribution in [0.2, 0.25) is 0 Å². The van der Waals surface area contributed by atoms with E-state index in [1.165, 1.54) is 6.07 Å². The second kappa shape index (κ2) is 10.2. The molecule has 0 atom stereocenters. The van der Waals surface area contributed by atoms with E-state index in [0.717, 1.165) is 34.3 Å². The summed E-state index contributed by atoms with van der Waals surface area (Å²) in [5.74, 6) is 0.885. The van der Waals surface area contributed by atoms with Gasteiger partial charge in [-0.3, -0.25) is 10.1 Å². The average molecular weight is 490 g/mol. The van der Waals surface area contributed by atoms with E-state index in [1.807, 2.05) is 45.1 Å². The fraction of sp³-hybridized carbons (Fsp3) is 0.308. The number of benzene rings is 2. The Hall–Kier alpha value is -4.18. The van der Waals surface area contributed by atoms with Crippen molar-refractivity contribution in [2.75, 3.05) is 51.6 Å². The maximum atomic E-state index is 11.9. The van der Waals surface area contributed by atoms with E-state index < -0.39 is 4.92 Å². The van der Waals surface area contributed by atoms with Crippen LogP contribution in [-0.2, 0) is 7.05 Å². The lowest BCUT2D eigenvalue weighted by Gasteiger charge is -2.22. The third-order valence-corrected chi connectivity index (χ3v) is 6.14. The number of hydrogen-bond acceptors (Lipinski definition) is 8. The average Bonchev–Trinajstić information content (AvgIpc) is 3.19. The van der Waals surface area contributed by atoms with Crippen molar-refractivity contribution >= 4 is 33.9 Å². The number of ether oxygens (including phenoxy) is 1. The zero-order valence-corrected chi connectivity index (χ0v) is 21.4. The van der Waals surface area contributed by atoms with Crippen LogP contribution in [0.4, 0.5) is 23.0 Å². The van der Waals surface area contributed by atoms with Gasteiger partial charge in [0.25, 0.3) is 5.69 Å². The molecule has 0 bridgehead atoms. The number of rotatable bonds is 9. The first-order valence-corrected chi connectivity index (χ1v) is 11.6. The molecular formula is C26H31N7O3. The molecule has 1 N–H and O–H groups in total. The SMILES string of the molecule is COc1cc(NCCN(C)C)c([N+](=O)[O-])cc1N(C)c1ncc(C)c(-c2cn(C)c3ccccc23)n1. The molecular weight excluding hydrogens is 458 g/mol. The fourth-order valence-corrected chi connectivity index (χ4v) is 4.19. The van der Waals surface area contributed by atoms with Crippen molar-refractivity contribution in [3.63, 3.8) is 0 Å². The van der Waals surface area contributed by atoms with Gasteiger partial charge in [0, 0.05) is 68.2 Å². The fourth-order valence-electron chi connectivity index (χ4n) is 4.19. The number of nitrogens with one attached hydrogen (secondary N) is 1. The van der Waals surface area contributed by atoms with Crippen molar-refractivity contribution < 1.29 is 9.66 Å². The van der Waals surface area contributed by atoms with E-state index in [9.17, 15) is 10.1 Å². The zero-order chi connectivity index (χ0) is 26.0. The number of aromatic nitrogens is 3. The van der Waals surface area contributed by atoms with E-state index in [1.54, 1.807) is 31.3 Å². The number of anilines is 3. The van der Waals surface area contributed by atoms with Gasteiger partial charge in [-0.2, -0.15) is 0 Å². The monoisotopic (exact) mass is 489 g/mol. The molecule has 0 saturated carbocycles. The van der Waals surface area contributed by atoms with Crippen molar-refractivity contribution in [1.29, 1.82) is 0 Å². The molecule has 4 rings (SSSR count). The van der Waals surface area contributed by atoms with Crippen molar-refractivity contribution in [3.05, 3.63) is 64.5 Å².